The highest BCUT2D eigenvalue weighted by Crippen LogP contribution is 2.31. The Bertz CT molecular complexity index is 363. The highest BCUT2D eigenvalue weighted by Gasteiger charge is 2.13. The summed E-state index contributed by atoms with van der Waals surface area (Å²) < 4.78 is 13.0. The predicted octanol–water partition coefficient (Wildman–Crippen LogP) is 3.96. The second-order valence-corrected chi connectivity index (χ2v) is 3.84. The largest absolute Gasteiger partial charge is 0.207 e. The van der Waals surface area contributed by atoms with Gasteiger partial charge in [0.1, 0.15) is 5.82 Å². The molecule has 1 aliphatic carbocycles. The molecule has 1 aliphatic rings. The molecule has 1 aromatic rings. The van der Waals surface area contributed by atoms with Crippen molar-refractivity contribution in [3.63, 3.8) is 0 Å². The molecule has 1 heteroatoms. The number of allylic oxidation sites excluding steroid dienone is 2. The van der Waals surface area contributed by atoms with E-state index >= 15 is 0 Å². The molecule has 0 saturated carbocycles. The van der Waals surface area contributed by atoms with E-state index in [4.69, 9.17) is 0 Å². The smallest absolute Gasteiger partial charge is 0.123 e. The van der Waals surface area contributed by atoms with Crippen molar-refractivity contribution < 1.29 is 4.39 Å². The highest BCUT2D eigenvalue weighted by molar-refractivity contribution is 5.72. The number of unbranched alkanes of at least 4 members (excludes halogenated alkanes) is 1. The molecule has 0 bridgehead atoms. The highest BCUT2D eigenvalue weighted by atomic mass is 19.1. The molecule has 0 unspecified atom stereocenters. The van der Waals surface area contributed by atoms with E-state index in [0.717, 1.165) is 18.4 Å². The van der Waals surface area contributed by atoms with Gasteiger partial charge in [-0.2, -0.15) is 0 Å². The van der Waals surface area contributed by atoms with E-state index in [9.17, 15) is 4.39 Å². The maximum atomic E-state index is 13.0. The van der Waals surface area contributed by atoms with Crippen LogP contribution in [0.5, 0.6) is 0 Å². The zero-order valence-electron chi connectivity index (χ0n) is 8.52. The van der Waals surface area contributed by atoms with E-state index in [-0.39, 0.29) is 5.82 Å². The Labute approximate surface area is 84.5 Å². The molecule has 74 valence electrons. The van der Waals surface area contributed by atoms with Crippen molar-refractivity contribution in [2.75, 3.05) is 0 Å². The van der Waals surface area contributed by atoms with Crippen molar-refractivity contribution in [2.45, 2.75) is 32.6 Å². The average Bonchev–Trinajstić information content (AvgIpc) is 2.57. The van der Waals surface area contributed by atoms with Crippen molar-refractivity contribution in [3.05, 3.63) is 41.2 Å². The summed E-state index contributed by atoms with van der Waals surface area (Å²) in [5.74, 6) is -0.118. The molecule has 0 N–H and O–H groups in total. The van der Waals surface area contributed by atoms with Crippen LogP contribution >= 0.6 is 0 Å². The number of halogens is 1. The summed E-state index contributed by atoms with van der Waals surface area (Å²) in [5.41, 5.74) is 3.75. The molecule has 0 spiro atoms. The van der Waals surface area contributed by atoms with Gasteiger partial charge in [-0.3, -0.25) is 0 Å². The first-order chi connectivity index (χ1) is 6.81. The predicted molar refractivity (Wildman–Crippen MR) is 57.6 cm³/mol. The van der Waals surface area contributed by atoms with E-state index < -0.39 is 0 Å². The molecule has 0 fully saturated rings. The molecule has 0 aliphatic heterocycles. The van der Waals surface area contributed by atoms with E-state index in [1.54, 1.807) is 12.1 Å². The van der Waals surface area contributed by atoms with Gasteiger partial charge in [0.2, 0.25) is 0 Å². The van der Waals surface area contributed by atoms with Crippen LogP contribution < -0.4 is 0 Å². The number of hydrogen-bond donors (Lipinski definition) is 0. The Kier molecular flexibility index (Phi) is 2.67. The lowest BCUT2D eigenvalue weighted by Crippen LogP contribution is -1.87. The summed E-state index contributed by atoms with van der Waals surface area (Å²) in [5, 5.41) is 0. The fraction of sp³-hybridized carbons (Fsp3) is 0.385. The minimum Gasteiger partial charge on any atom is -0.207 e. The lowest BCUT2D eigenvalue weighted by molar-refractivity contribution is 0.626. The summed E-state index contributed by atoms with van der Waals surface area (Å²) in [6, 6.07) is 5.12. The topological polar surface area (TPSA) is 0 Å². The second-order valence-electron chi connectivity index (χ2n) is 3.84. The molecule has 0 amide bonds. The zero-order chi connectivity index (χ0) is 9.97. The number of rotatable bonds is 3. The summed E-state index contributed by atoms with van der Waals surface area (Å²) >= 11 is 0. The van der Waals surface area contributed by atoms with E-state index in [1.807, 2.05) is 6.07 Å². The Morgan fingerprint density at radius 3 is 3.00 bits per heavy atom. The van der Waals surface area contributed by atoms with Crippen LogP contribution in [-0.4, -0.2) is 0 Å². The summed E-state index contributed by atoms with van der Waals surface area (Å²) in [6.07, 6.45) is 6.70. The molecule has 2 rings (SSSR count). The molecule has 0 aromatic heterocycles. The third-order valence-electron chi connectivity index (χ3n) is 2.79. The van der Waals surface area contributed by atoms with Gasteiger partial charge in [0.05, 0.1) is 0 Å². The number of benzene rings is 1. The van der Waals surface area contributed by atoms with Crippen LogP contribution in [0.2, 0.25) is 0 Å². The molecule has 1 aromatic carbocycles. The molecule has 0 radical (unpaired) electrons. The van der Waals surface area contributed by atoms with Crippen LogP contribution in [-0.2, 0) is 6.42 Å². The van der Waals surface area contributed by atoms with Crippen molar-refractivity contribution >= 4 is 5.57 Å². The standard InChI is InChI=1S/C13H15F/c1-2-3-4-10-5-6-11-7-8-12(14)9-13(10)11/h5,7-9H,2-4,6H2,1H3. The Morgan fingerprint density at radius 2 is 2.21 bits per heavy atom. The Morgan fingerprint density at radius 1 is 1.36 bits per heavy atom. The van der Waals surface area contributed by atoms with Gasteiger partial charge < -0.3 is 0 Å². The minimum absolute atomic E-state index is 0.118. The Balaban J connectivity index is 2.22. The van der Waals surface area contributed by atoms with Gasteiger partial charge in [0, 0.05) is 0 Å². The van der Waals surface area contributed by atoms with Gasteiger partial charge in [-0.05, 0) is 48.1 Å². The fourth-order valence-electron chi connectivity index (χ4n) is 1.97. The fourth-order valence-corrected chi connectivity index (χ4v) is 1.97. The third-order valence-corrected chi connectivity index (χ3v) is 2.79. The van der Waals surface area contributed by atoms with Gasteiger partial charge in [-0.15, -0.1) is 0 Å². The maximum absolute atomic E-state index is 13.0. The zero-order valence-corrected chi connectivity index (χ0v) is 8.52. The first-order valence-corrected chi connectivity index (χ1v) is 5.29. The second kappa shape index (κ2) is 3.95. The number of hydrogen-bond acceptors (Lipinski definition) is 0. The average molecular weight is 190 g/mol. The van der Waals surface area contributed by atoms with Crippen LogP contribution in [0, 0.1) is 5.82 Å². The lowest BCUT2D eigenvalue weighted by Gasteiger charge is -2.04. The third kappa shape index (κ3) is 1.72. The van der Waals surface area contributed by atoms with Gasteiger partial charge >= 0.3 is 0 Å². The van der Waals surface area contributed by atoms with Crippen LogP contribution in [0.3, 0.4) is 0 Å². The first kappa shape index (κ1) is 9.45. The first-order valence-electron chi connectivity index (χ1n) is 5.29. The normalized spacial score (nSPS) is 14.0. The van der Waals surface area contributed by atoms with Crippen LogP contribution in [0.4, 0.5) is 4.39 Å². The van der Waals surface area contributed by atoms with Crippen LogP contribution in [0.25, 0.3) is 5.57 Å². The number of fused-ring (bicyclic) bond motifs is 1. The summed E-state index contributed by atoms with van der Waals surface area (Å²) in [6.45, 7) is 2.18. The van der Waals surface area contributed by atoms with Gasteiger partial charge in [-0.25, -0.2) is 4.39 Å². The molecule has 0 nitrogen and oxygen atoms in total. The van der Waals surface area contributed by atoms with E-state index in [1.165, 1.54) is 24.0 Å². The van der Waals surface area contributed by atoms with E-state index in [2.05, 4.69) is 13.0 Å². The maximum Gasteiger partial charge on any atom is 0.123 e. The molecule has 0 saturated heterocycles. The van der Waals surface area contributed by atoms with Crippen molar-refractivity contribution in [1.82, 2.24) is 0 Å². The van der Waals surface area contributed by atoms with Gasteiger partial charge in [0.25, 0.3) is 0 Å². The molecular formula is C13H15F. The van der Waals surface area contributed by atoms with E-state index in [0.29, 0.717) is 0 Å². The SMILES string of the molecule is CCCCC1=CCc2ccc(F)cc21. The molecule has 0 atom stereocenters. The monoisotopic (exact) mass is 190 g/mol. The molecular weight excluding hydrogens is 175 g/mol. The summed E-state index contributed by atoms with van der Waals surface area (Å²) in [7, 11) is 0. The lowest BCUT2D eigenvalue weighted by atomic mass is 10.0. The van der Waals surface area contributed by atoms with Crippen molar-refractivity contribution in [1.29, 1.82) is 0 Å². The Hall–Kier alpha value is -1.11. The van der Waals surface area contributed by atoms with Crippen molar-refractivity contribution in [2.24, 2.45) is 0 Å². The van der Waals surface area contributed by atoms with Gasteiger partial charge in [-0.1, -0.05) is 25.5 Å². The van der Waals surface area contributed by atoms with Crippen LogP contribution in [0.15, 0.2) is 24.3 Å². The van der Waals surface area contributed by atoms with Crippen LogP contribution in [0.1, 0.15) is 37.3 Å². The minimum atomic E-state index is -0.118. The molecule has 14 heavy (non-hydrogen) atoms. The van der Waals surface area contributed by atoms with Gasteiger partial charge in [0.15, 0.2) is 0 Å². The molecule has 0 heterocycles. The summed E-state index contributed by atoms with van der Waals surface area (Å²) in [4.78, 5) is 0. The quantitative estimate of drug-likeness (QED) is 0.676. The van der Waals surface area contributed by atoms with Crippen molar-refractivity contribution in [3.8, 4) is 0 Å².